The first-order valence-electron chi connectivity index (χ1n) is 5.08. The summed E-state index contributed by atoms with van der Waals surface area (Å²) in [4.78, 5) is 11.8. The number of rotatable bonds is 2. The molecule has 1 atom stereocenters. The molecule has 1 heterocycles. The first kappa shape index (κ1) is 14.2. The molecule has 7 nitrogen and oxygen atoms in total. The minimum atomic E-state index is -4.05. The molecule has 1 aliphatic heterocycles. The molecule has 0 bridgehead atoms. The van der Waals surface area contributed by atoms with Gasteiger partial charge in [0.15, 0.2) is 0 Å². The maximum Gasteiger partial charge on any atom is 0.426 e. The van der Waals surface area contributed by atoms with Crippen molar-refractivity contribution < 1.29 is 26.9 Å². The molecule has 0 aromatic heterocycles. The zero-order chi connectivity index (χ0) is 13.3. The Morgan fingerprint density at radius 3 is 2.53 bits per heavy atom. The van der Waals surface area contributed by atoms with Crippen LogP contribution in [0.2, 0.25) is 0 Å². The molecule has 0 radical (unpaired) electrons. The molecule has 0 aromatic rings. The predicted molar refractivity (Wildman–Crippen MR) is 58.6 cm³/mol. The van der Waals surface area contributed by atoms with Crippen molar-refractivity contribution in [3.8, 4) is 0 Å². The molecule has 17 heavy (non-hydrogen) atoms. The van der Waals surface area contributed by atoms with Gasteiger partial charge in [-0.15, -0.1) is 0 Å². The Bertz CT molecular complexity index is 385. The zero-order valence-electron chi connectivity index (χ0n) is 10.3. The Hall–Kier alpha value is -0.860. The Morgan fingerprint density at radius 2 is 2.06 bits per heavy atom. The van der Waals surface area contributed by atoms with Gasteiger partial charge in [-0.3, -0.25) is 4.18 Å². The summed E-state index contributed by atoms with van der Waals surface area (Å²) >= 11 is 0. The second-order valence-electron chi connectivity index (χ2n) is 4.63. The first-order valence-corrected chi connectivity index (χ1v) is 6.44. The van der Waals surface area contributed by atoms with E-state index in [9.17, 15) is 13.2 Å². The van der Waals surface area contributed by atoms with Gasteiger partial charge in [0.1, 0.15) is 11.6 Å². The molecule has 1 saturated heterocycles. The van der Waals surface area contributed by atoms with Gasteiger partial charge in [-0.25, -0.2) is 4.79 Å². The maximum atomic E-state index is 11.8. The molecule has 1 rings (SSSR count). The van der Waals surface area contributed by atoms with Gasteiger partial charge < -0.3 is 9.47 Å². The minimum Gasteiger partial charge on any atom is -0.443 e. The Morgan fingerprint density at radius 1 is 1.47 bits per heavy atom. The van der Waals surface area contributed by atoms with Gasteiger partial charge in [0.2, 0.25) is 0 Å². The van der Waals surface area contributed by atoms with Crippen LogP contribution in [0.5, 0.6) is 0 Å². The van der Waals surface area contributed by atoms with Gasteiger partial charge in [-0.2, -0.15) is 12.7 Å². The van der Waals surface area contributed by atoms with Crippen molar-refractivity contribution in [2.45, 2.75) is 32.4 Å². The molecule has 1 fully saturated rings. The van der Waals surface area contributed by atoms with Crippen molar-refractivity contribution in [1.29, 1.82) is 0 Å². The van der Waals surface area contributed by atoms with Crippen LogP contribution < -0.4 is 0 Å². The number of methoxy groups -OCH3 is 1. The van der Waals surface area contributed by atoms with Crippen molar-refractivity contribution in [3.05, 3.63) is 0 Å². The lowest BCUT2D eigenvalue weighted by Gasteiger charge is -2.25. The van der Waals surface area contributed by atoms with E-state index in [1.165, 1.54) is 7.11 Å². The molecule has 100 valence electrons. The van der Waals surface area contributed by atoms with E-state index >= 15 is 0 Å². The Labute approximate surface area is 101 Å². The third-order valence-electron chi connectivity index (χ3n) is 1.91. The minimum absolute atomic E-state index is 0.0679. The van der Waals surface area contributed by atoms with E-state index in [4.69, 9.17) is 9.47 Å². The average molecular weight is 267 g/mol. The monoisotopic (exact) mass is 267 g/mol. The maximum absolute atomic E-state index is 11.8. The lowest BCUT2D eigenvalue weighted by Crippen LogP contribution is -2.44. The third-order valence-corrected chi connectivity index (χ3v) is 3.28. The number of carbonyl (C=O) groups excluding carboxylic acids is 1. The van der Waals surface area contributed by atoms with Crippen molar-refractivity contribution in [2.75, 3.05) is 20.3 Å². The summed E-state index contributed by atoms with van der Waals surface area (Å²) in [5.41, 5.74) is -0.771. The standard InChI is InChI=1S/C9H17NO6S/c1-9(2,3)16-8(11)10-7(5-14-4)6-15-17(10,12)13/h7H,5-6H2,1-4H3. The molecule has 0 aliphatic carbocycles. The summed E-state index contributed by atoms with van der Waals surface area (Å²) in [6, 6.07) is -0.681. The van der Waals surface area contributed by atoms with Crippen LogP contribution in [0, 0.1) is 0 Å². The number of amides is 1. The topological polar surface area (TPSA) is 82.1 Å². The van der Waals surface area contributed by atoms with Crippen LogP contribution in [0.15, 0.2) is 0 Å². The van der Waals surface area contributed by atoms with E-state index < -0.39 is 28.0 Å². The number of carbonyl (C=O) groups is 1. The third kappa shape index (κ3) is 3.55. The average Bonchev–Trinajstić information content (AvgIpc) is 2.39. The van der Waals surface area contributed by atoms with E-state index in [1.54, 1.807) is 20.8 Å². The molecule has 1 aliphatic rings. The van der Waals surface area contributed by atoms with Crippen LogP contribution in [0.25, 0.3) is 0 Å². The fourth-order valence-corrected chi connectivity index (χ4v) is 2.48. The Balaban J connectivity index is 2.87. The second kappa shape index (κ2) is 4.79. The lowest BCUT2D eigenvalue weighted by atomic mass is 10.2. The van der Waals surface area contributed by atoms with Crippen molar-refractivity contribution in [3.63, 3.8) is 0 Å². The summed E-state index contributed by atoms with van der Waals surface area (Å²) in [7, 11) is -2.64. The summed E-state index contributed by atoms with van der Waals surface area (Å²) in [6.07, 6.45) is -0.947. The fourth-order valence-electron chi connectivity index (χ4n) is 1.33. The molecule has 1 amide bonds. The predicted octanol–water partition coefficient (Wildman–Crippen LogP) is 0.513. The van der Waals surface area contributed by atoms with Crippen molar-refractivity contribution >= 4 is 16.4 Å². The van der Waals surface area contributed by atoms with Gasteiger partial charge in [0.25, 0.3) is 0 Å². The normalized spacial score (nSPS) is 23.8. The van der Waals surface area contributed by atoms with E-state index in [-0.39, 0.29) is 13.2 Å². The summed E-state index contributed by atoms with van der Waals surface area (Å²) in [5, 5.41) is 0. The lowest BCUT2D eigenvalue weighted by molar-refractivity contribution is 0.0295. The van der Waals surface area contributed by atoms with Crippen LogP contribution in [-0.4, -0.2) is 50.8 Å². The van der Waals surface area contributed by atoms with Crippen LogP contribution in [0.1, 0.15) is 20.8 Å². The van der Waals surface area contributed by atoms with Crippen molar-refractivity contribution in [1.82, 2.24) is 4.31 Å². The Kier molecular flexibility index (Phi) is 4.00. The molecule has 1 unspecified atom stereocenters. The number of hydrogen-bond donors (Lipinski definition) is 0. The summed E-state index contributed by atoms with van der Waals surface area (Å²) in [5.74, 6) is 0. The smallest absolute Gasteiger partial charge is 0.426 e. The quantitative estimate of drug-likeness (QED) is 0.725. The van der Waals surface area contributed by atoms with E-state index in [0.717, 1.165) is 0 Å². The number of ether oxygens (including phenoxy) is 2. The fraction of sp³-hybridized carbons (Fsp3) is 0.889. The van der Waals surface area contributed by atoms with E-state index in [1.807, 2.05) is 0 Å². The first-order chi connectivity index (χ1) is 7.67. The molecule has 8 heteroatoms. The molecular formula is C9H17NO6S. The van der Waals surface area contributed by atoms with E-state index in [2.05, 4.69) is 4.18 Å². The van der Waals surface area contributed by atoms with Gasteiger partial charge in [-0.05, 0) is 20.8 Å². The highest BCUT2D eigenvalue weighted by atomic mass is 32.2. The van der Waals surface area contributed by atoms with E-state index in [0.29, 0.717) is 4.31 Å². The van der Waals surface area contributed by atoms with Gasteiger partial charge in [0, 0.05) is 7.11 Å². The molecule has 0 saturated carbocycles. The van der Waals surface area contributed by atoms with Crippen LogP contribution in [0.3, 0.4) is 0 Å². The van der Waals surface area contributed by atoms with Crippen molar-refractivity contribution in [2.24, 2.45) is 0 Å². The highest BCUT2D eigenvalue weighted by Crippen LogP contribution is 2.22. The van der Waals surface area contributed by atoms with Crippen LogP contribution >= 0.6 is 0 Å². The van der Waals surface area contributed by atoms with Gasteiger partial charge >= 0.3 is 16.4 Å². The summed E-state index contributed by atoms with van der Waals surface area (Å²) < 4.78 is 38.0. The van der Waals surface area contributed by atoms with Gasteiger partial charge in [0.05, 0.1) is 13.2 Å². The zero-order valence-corrected chi connectivity index (χ0v) is 11.1. The molecule has 0 N–H and O–H groups in total. The highest BCUT2D eigenvalue weighted by Gasteiger charge is 2.44. The summed E-state index contributed by atoms with van der Waals surface area (Å²) in [6.45, 7) is 4.91. The van der Waals surface area contributed by atoms with Gasteiger partial charge in [-0.1, -0.05) is 0 Å². The number of hydrogen-bond acceptors (Lipinski definition) is 6. The van der Waals surface area contributed by atoms with Crippen LogP contribution in [-0.2, 0) is 24.0 Å². The second-order valence-corrected chi connectivity index (χ2v) is 6.11. The molecule has 0 spiro atoms. The molecule has 0 aromatic carbocycles. The highest BCUT2D eigenvalue weighted by molar-refractivity contribution is 7.85. The van der Waals surface area contributed by atoms with Crippen LogP contribution in [0.4, 0.5) is 4.79 Å². The SMILES string of the molecule is COCC1COS(=O)(=O)N1C(=O)OC(C)(C)C. The largest absolute Gasteiger partial charge is 0.443 e. The molecular weight excluding hydrogens is 250 g/mol. The number of nitrogens with zero attached hydrogens (tertiary/aromatic N) is 1.